The molecule has 0 spiro atoms. The van der Waals surface area contributed by atoms with Gasteiger partial charge in [0.15, 0.2) is 5.82 Å². The van der Waals surface area contributed by atoms with Gasteiger partial charge in [0.2, 0.25) is 0 Å². The Morgan fingerprint density at radius 2 is 2.14 bits per heavy atom. The predicted octanol–water partition coefficient (Wildman–Crippen LogP) is 3.47. The number of carboxylic acids is 1. The van der Waals surface area contributed by atoms with E-state index in [1.165, 1.54) is 11.0 Å². The lowest BCUT2D eigenvalue weighted by atomic mass is 9.96. The van der Waals surface area contributed by atoms with Crippen LogP contribution in [-0.4, -0.2) is 34.0 Å². The van der Waals surface area contributed by atoms with Gasteiger partial charge in [-0.25, -0.2) is 9.18 Å². The summed E-state index contributed by atoms with van der Waals surface area (Å²) < 4.78 is 14.7. The zero-order valence-electron chi connectivity index (χ0n) is 11.4. The molecule has 0 aliphatic carbocycles. The summed E-state index contributed by atoms with van der Waals surface area (Å²) in [5, 5.41) is 9.18. The number of aliphatic carboxylic acids is 1. The van der Waals surface area contributed by atoms with Gasteiger partial charge in [-0.3, -0.25) is 4.79 Å². The molecule has 4 nitrogen and oxygen atoms in total. The summed E-state index contributed by atoms with van der Waals surface area (Å²) in [6, 6.07) is 2.00. The molecule has 116 valence electrons. The van der Waals surface area contributed by atoms with Crippen molar-refractivity contribution in [1.82, 2.24) is 4.90 Å². The average Bonchev–Trinajstić information content (AvgIpc) is 2.90. The number of hydrogen-bond donors (Lipinski definition) is 1. The van der Waals surface area contributed by atoms with Crippen molar-refractivity contribution in [2.75, 3.05) is 0 Å². The van der Waals surface area contributed by atoms with E-state index in [4.69, 9.17) is 11.6 Å². The van der Waals surface area contributed by atoms with Crippen LogP contribution in [0.2, 0.25) is 5.02 Å². The van der Waals surface area contributed by atoms with Gasteiger partial charge in [-0.2, -0.15) is 0 Å². The molecule has 2 atom stereocenters. The molecule has 7 heteroatoms. The Kier molecular flexibility index (Phi) is 3.99. The van der Waals surface area contributed by atoms with Gasteiger partial charge in [0.25, 0.3) is 5.91 Å². The van der Waals surface area contributed by atoms with Crippen LogP contribution in [0.3, 0.4) is 0 Å². The van der Waals surface area contributed by atoms with E-state index in [2.05, 4.69) is 15.9 Å². The van der Waals surface area contributed by atoms with Crippen LogP contribution in [0.5, 0.6) is 0 Å². The molecule has 22 heavy (non-hydrogen) atoms. The molecular formula is C15H12BrClFNO3. The van der Waals surface area contributed by atoms with Gasteiger partial charge in [0.05, 0.1) is 5.02 Å². The minimum absolute atomic E-state index is 0.0785. The van der Waals surface area contributed by atoms with Gasteiger partial charge in [-0.1, -0.05) is 33.6 Å². The second-order valence-electron chi connectivity index (χ2n) is 5.37. The number of nitrogens with zero attached hydrogens (tertiary/aromatic N) is 1. The Bertz CT molecular complexity index is 706. The lowest BCUT2D eigenvalue weighted by Crippen LogP contribution is -2.47. The molecule has 0 radical (unpaired) electrons. The number of amides is 1. The topological polar surface area (TPSA) is 57.6 Å². The molecule has 1 amide bonds. The summed E-state index contributed by atoms with van der Waals surface area (Å²) >= 11 is 9.04. The standard InChI is InChI=1S/C15H12BrClFNO3/c16-9-4-5-10(17)13(18)12(9)8-3-1-7-2-6-11(15(21)22)19(7)14(8)20/h3-5,7,11H,1-2,6H2,(H,21,22)/t7?,11-/m0/s1. The SMILES string of the molecule is O=C(O)[C@@H]1CCC2CC=C(c3c(Br)ccc(Cl)c3F)C(=O)N21. The molecule has 2 heterocycles. The summed E-state index contributed by atoms with van der Waals surface area (Å²) in [6.45, 7) is 0. The minimum atomic E-state index is -1.03. The Morgan fingerprint density at radius 3 is 2.82 bits per heavy atom. The van der Waals surface area contributed by atoms with Crippen LogP contribution in [0, 0.1) is 5.82 Å². The van der Waals surface area contributed by atoms with Gasteiger partial charge in [-0.05, 0) is 31.4 Å². The van der Waals surface area contributed by atoms with E-state index >= 15 is 0 Å². The fourth-order valence-electron chi connectivity index (χ4n) is 3.13. The van der Waals surface area contributed by atoms with Crippen molar-refractivity contribution in [2.45, 2.75) is 31.3 Å². The third kappa shape index (κ3) is 2.34. The summed E-state index contributed by atoms with van der Waals surface area (Å²) in [6.07, 6.45) is 3.26. The molecule has 0 bridgehead atoms. The van der Waals surface area contributed by atoms with Crippen LogP contribution in [0.4, 0.5) is 4.39 Å². The Labute approximate surface area is 139 Å². The zero-order valence-corrected chi connectivity index (χ0v) is 13.7. The quantitative estimate of drug-likeness (QED) is 0.789. The number of benzene rings is 1. The summed E-state index contributed by atoms with van der Waals surface area (Å²) in [5.41, 5.74) is 0.253. The molecule has 0 aromatic heterocycles. The largest absolute Gasteiger partial charge is 0.480 e. The van der Waals surface area contributed by atoms with Crippen molar-refractivity contribution in [1.29, 1.82) is 0 Å². The monoisotopic (exact) mass is 387 g/mol. The third-order valence-corrected chi connectivity index (χ3v) is 5.11. The van der Waals surface area contributed by atoms with E-state index in [-0.39, 0.29) is 22.2 Å². The fraction of sp³-hybridized carbons (Fsp3) is 0.333. The number of carboxylic acid groups (broad SMARTS) is 1. The van der Waals surface area contributed by atoms with Crippen LogP contribution in [0.25, 0.3) is 5.57 Å². The molecule has 1 saturated heterocycles. The maximum atomic E-state index is 14.3. The highest BCUT2D eigenvalue weighted by atomic mass is 79.9. The molecule has 1 fully saturated rings. The number of carbonyl (C=O) groups excluding carboxylic acids is 1. The van der Waals surface area contributed by atoms with E-state index in [1.807, 2.05) is 0 Å². The number of carbonyl (C=O) groups is 2. The van der Waals surface area contributed by atoms with E-state index in [9.17, 15) is 19.1 Å². The smallest absolute Gasteiger partial charge is 0.326 e. The molecule has 1 aromatic rings. The second kappa shape index (κ2) is 5.66. The van der Waals surface area contributed by atoms with Crippen LogP contribution in [0.15, 0.2) is 22.7 Å². The highest BCUT2D eigenvalue weighted by molar-refractivity contribution is 9.10. The second-order valence-corrected chi connectivity index (χ2v) is 6.63. The molecule has 2 aliphatic heterocycles. The van der Waals surface area contributed by atoms with E-state index < -0.39 is 23.7 Å². The maximum Gasteiger partial charge on any atom is 0.326 e. The van der Waals surface area contributed by atoms with Crippen molar-refractivity contribution >= 4 is 45.0 Å². The van der Waals surface area contributed by atoms with Gasteiger partial charge in [0.1, 0.15) is 6.04 Å². The van der Waals surface area contributed by atoms with Crippen LogP contribution in [-0.2, 0) is 9.59 Å². The highest BCUT2D eigenvalue weighted by Crippen LogP contribution is 2.39. The van der Waals surface area contributed by atoms with Crippen LogP contribution >= 0.6 is 27.5 Å². The maximum absolute atomic E-state index is 14.3. The molecule has 0 saturated carbocycles. The van der Waals surface area contributed by atoms with Crippen molar-refractivity contribution < 1.29 is 19.1 Å². The van der Waals surface area contributed by atoms with E-state index in [0.29, 0.717) is 23.7 Å². The molecule has 2 aliphatic rings. The Balaban J connectivity index is 2.06. The first-order valence-electron chi connectivity index (χ1n) is 6.81. The van der Waals surface area contributed by atoms with E-state index in [0.717, 1.165) is 0 Å². The lowest BCUT2D eigenvalue weighted by Gasteiger charge is -2.32. The first-order valence-corrected chi connectivity index (χ1v) is 7.98. The summed E-state index contributed by atoms with van der Waals surface area (Å²) in [5.74, 6) is -2.16. The number of fused-ring (bicyclic) bond motifs is 1. The first-order chi connectivity index (χ1) is 10.4. The van der Waals surface area contributed by atoms with Crippen LogP contribution in [0.1, 0.15) is 24.8 Å². The molecule has 1 aromatic carbocycles. The van der Waals surface area contributed by atoms with Crippen molar-refractivity contribution in [2.24, 2.45) is 0 Å². The van der Waals surface area contributed by atoms with Crippen molar-refractivity contribution in [3.63, 3.8) is 0 Å². The molecule has 1 N–H and O–H groups in total. The fourth-order valence-corrected chi connectivity index (χ4v) is 3.80. The average molecular weight is 389 g/mol. The van der Waals surface area contributed by atoms with Crippen molar-refractivity contribution in [3.05, 3.63) is 39.1 Å². The Hall–Kier alpha value is -1.40. The zero-order chi connectivity index (χ0) is 16.0. The van der Waals surface area contributed by atoms with E-state index in [1.54, 1.807) is 12.1 Å². The predicted molar refractivity (Wildman–Crippen MR) is 83.0 cm³/mol. The van der Waals surface area contributed by atoms with Gasteiger partial charge < -0.3 is 10.0 Å². The molecular weight excluding hydrogens is 377 g/mol. The third-order valence-electron chi connectivity index (χ3n) is 4.16. The van der Waals surface area contributed by atoms with Crippen LogP contribution < -0.4 is 0 Å². The summed E-state index contributed by atoms with van der Waals surface area (Å²) in [4.78, 5) is 25.4. The lowest BCUT2D eigenvalue weighted by molar-refractivity contribution is -0.147. The highest BCUT2D eigenvalue weighted by Gasteiger charge is 2.44. The Morgan fingerprint density at radius 1 is 1.41 bits per heavy atom. The van der Waals surface area contributed by atoms with Gasteiger partial charge in [0, 0.05) is 21.7 Å². The van der Waals surface area contributed by atoms with Gasteiger partial charge in [-0.15, -0.1) is 0 Å². The number of halogens is 3. The number of hydrogen-bond acceptors (Lipinski definition) is 2. The van der Waals surface area contributed by atoms with Crippen molar-refractivity contribution in [3.8, 4) is 0 Å². The van der Waals surface area contributed by atoms with Gasteiger partial charge >= 0.3 is 5.97 Å². The normalized spacial score (nSPS) is 24.2. The summed E-state index contributed by atoms with van der Waals surface area (Å²) in [7, 11) is 0. The minimum Gasteiger partial charge on any atom is -0.480 e. The first kappa shape index (κ1) is 15.5. The molecule has 3 rings (SSSR count). The number of rotatable bonds is 2. The molecule has 1 unspecified atom stereocenters.